The molecular weight excluding hydrogens is 356 g/mol. The highest BCUT2D eigenvalue weighted by Crippen LogP contribution is 2.39. The summed E-state index contributed by atoms with van der Waals surface area (Å²) in [6, 6.07) is 13.0. The number of aromatic amines is 1. The summed E-state index contributed by atoms with van der Waals surface area (Å²) in [7, 11) is 0. The molecule has 1 N–H and O–H groups in total. The molecule has 0 saturated heterocycles. The van der Waals surface area contributed by atoms with Gasteiger partial charge in [0.25, 0.3) is 0 Å². The Hall–Kier alpha value is -2.44. The minimum absolute atomic E-state index is 0.318. The van der Waals surface area contributed by atoms with Crippen LogP contribution in [0.2, 0.25) is 0 Å². The highest BCUT2D eigenvalue weighted by atomic mass is 32.1. The van der Waals surface area contributed by atoms with Crippen molar-refractivity contribution in [2.75, 3.05) is 6.54 Å². The van der Waals surface area contributed by atoms with Gasteiger partial charge in [0.05, 0.1) is 17.5 Å². The number of hydrogen-bond donors (Lipinski definition) is 1. The van der Waals surface area contributed by atoms with E-state index in [1.165, 1.54) is 22.2 Å². The number of nitrogens with one attached hydrogen (secondary N) is 1. The molecule has 1 aromatic carbocycles. The molecule has 1 aliphatic rings. The van der Waals surface area contributed by atoms with Crippen LogP contribution in [0.15, 0.2) is 46.3 Å². The summed E-state index contributed by atoms with van der Waals surface area (Å²) in [6.07, 6.45) is 1.04. The number of para-hydroxylation sites is 1. The van der Waals surface area contributed by atoms with Crippen LogP contribution in [0.25, 0.3) is 21.6 Å². The maximum absolute atomic E-state index is 5.56. The van der Waals surface area contributed by atoms with Crippen LogP contribution in [0.1, 0.15) is 37.0 Å². The zero-order valence-electron chi connectivity index (χ0n) is 15.5. The van der Waals surface area contributed by atoms with Gasteiger partial charge in [-0.3, -0.25) is 4.90 Å². The van der Waals surface area contributed by atoms with Crippen molar-refractivity contribution in [3.63, 3.8) is 0 Å². The van der Waals surface area contributed by atoms with E-state index in [4.69, 9.17) is 4.52 Å². The van der Waals surface area contributed by atoms with Crippen molar-refractivity contribution in [3.05, 3.63) is 58.9 Å². The van der Waals surface area contributed by atoms with Crippen LogP contribution in [0, 0.1) is 5.92 Å². The summed E-state index contributed by atoms with van der Waals surface area (Å²) in [5.41, 5.74) is 4.04. The molecule has 138 valence electrons. The SMILES string of the molecule is CC(C)C1c2[nH]c3ccccc3c2CCN1Cc1nc(-c2cccs2)no1. The fourth-order valence-electron chi connectivity index (χ4n) is 4.25. The Morgan fingerprint density at radius 1 is 1.26 bits per heavy atom. The normalized spacial score (nSPS) is 17.7. The number of hydrogen-bond acceptors (Lipinski definition) is 5. The Morgan fingerprint density at radius 2 is 2.15 bits per heavy atom. The van der Waals surface area contributed by atoms with Gasteiger partial charge >= 0.3 is 0 Å². The maximum atomic E-state index is 5.56. The average Bonchev–Trinajstić information content (AvgIpc) is 3.40. The van der Waals surface area contributed by atoms with Crippen molar-refractivity contribution in [2.24, 2.45) is 5.92 Å². The third-order valence-corrected chi connectivity index (χ3v) is 6.23. The predicted molar refractivity (Wildman–Crippen MR) is 108 cm³/mol. The molecule has 3 aromatic heterocycles. The largest absolute Gasteiger partial charge is 0.357 e. The van der Waals surface area contributed by atoms with E-state index in [2.05, 4.69) is 58.1 Å². The quantitative estimate of drug-likeness (QED) is 0.541. The molecule has 5 rings (SSSR count). The van der Waals surface area contributed by atoms with Gasteiger partial charge in [-0.25, -0.2) is 0 Å². The van der Waals surface area contributed by atoms with Gasteiger partial charge < -0.3 is 9.51 Å². The molecule has 4 heterocycles. The van der Waals surface area contributed by atoms with Gasteiger partial charge in [-0.1, -0.05) is 43.3 Å². The molecule has 0 aliphatic carbocycles. The second-order valence-corrected chi connectivity index (χ2v) is 8.41. The first kappa shape index (κ1) is 16.7. The molecule has 0 bridgehead atoms. The first-order valence-corrected chi connectivity index (χ1v) is 10.3. The second-order valence-electron chi connectivity index (χ2n) is 7.46. The first-order valence-electron chi connectivity index (χ1n) is 9.40. The minimum atomic E-state index is 0.318. The highest BCUT2D eigenvalue weighted by Gasteiger charge is 2.33. The lowest BCUT2D eigenvalue weighted by Crippen LogP contribution is -2.37. The van der Waals surface area contributed by atoms with Gasteiger partial charge in [0, 0.05) is 23.1 Å². The molecule has 27 heavy (non-hydrogen) atoms. The summed E-state index contributed by atoms with van der Waals surface area (Å²) in [6.45, 7) is 6.23. The van der Waals surface area contributed by atoms with Crippen LogP contribution in [0.4, 0.5) is 0 Å². The Morgan fingerprint density at radius 3 is 2.96 bits per heavy atom. The summed E-state index contributed by atoms with van der Waals surface area (Å²) in [4.78, 5) is 11.8. The standard InChI is InChI=1S/C21H22N4OS/c1-13(2)20-19-15(14-6-3-4-7-16(14)22-19)9-10-25(20)12-18-23-21(24-26-18)17-8-5-11-27-17/h3-8,11,13,20,22H,9-10,12H2,1-2H3. The molecule has 0 fully saturated rings. The van der Waals surface area contributed by atoms with Crippen LogP contribution in [0.3, 0.4) is 0 Å². The van der Waals surface area contributed by atoms with E-state index in [1.54, 1.807) is 11.3 Å². The number of thiophene rings is 1. The Labute approximate surface area is 162 Å². The van der Waals surface area contributed by atoms with Gasteiger partial charge in [-0.2, -0.15) is 4.98 Å². The first-order chi connectivity index (χ1) is 13.2. The fraction of sp³-hybridized carbons (Fsp3) is 0.333. The van der Waals surface area contributed by atoms with E-state index in [-0.39, 0.29) is 0 Å². The van der Waals surface area contributed by atoms with E-state index in [9.17, 15) is 0 Å². The van der Waals surface area contributed by atoms with Crippen LogP contribution in [0.5, 0.6) is 0 Å². The molecule has 0 radical (unpaired) electrons. The molecule has 1 aliphatic heterocycles. The number of rotatable bonds is 4. The summed E-state index contributed by atoms with van der Waals surface area (Å²) < 4.78 is 5.56. The van der Waals surface area contributed by atoms with Gasteiger partial charge in [0.2, 0.25) is 11.7 Å². The Kier molecular flexibility index (Phi) is 4.10. The van der Waals surface area contributed by atoms with Gasteiger partial charge in [0.1, 0.15) is 0 Å². The molecule has 6 heteroatoms. The van der Waals surface area contributed by atoms with E-state index in [0.29, 0.717) is 30.2 Å². The monoisotopic (exact) mass is 378 g/mol. The lowest BCUT2D eigenvalue weighted by molar-refractivity contribution is 0.117. The van der Waals surface area contributed by atoms with Gasteiger partial charge in [-0.05, 0) is 35.4 Å². The zero-order chi connectivity index (χ0) is 18.4. The Balaban J connectivity index is 1.46. The molecule has 0 spiro atoms. The maximum Gasteiger partial charge on any atom is 0.241 e. The van der Waals surface area contributed by atoms with Crippen molar-refractivity contribution in [1.82, 2.24) is 20.0 Å². The molecule has 1 atom stereocenters. The number of nitrogens with zero attached hydrogens (tertiary/aromatic N) is 3. The van der Waals surface area contributed by atoms with Crippen LogP contribution in [-0.4, -0.2) is 26.6 Å². The van der Waals surface area contributed by atoms with Crippen molar-refractivity contribution in [2.45, 2.75) is 32.9 Å². The third-order valence-electron chi connectivity index (χ3n) is 5.36. The van der Waals surface area contributed by atoms with Crippen molar-refractivity contribution < 1.29 is 4.52 Å². The third kappa shape index (κ3) is 2.89. The highest BCUT2D eigenvalue weighted by molar-refractivity contribution is 7.13. The molecule has 4 aromatic rings. The lowest BCUT2D eigenvalue weighted by atomic mass is 9.90. The van der Waals surface area contributed by atoms with Crippen LogP contribution in [-0.2, 0) is 13.0 Å². The van der Waals surface area contributed by atoms with Crippen LogP contribution < -0.4 is 0 Å². The average molecular weight is 379 g/mol. The Bertz CT molecular complexity index is 1060. The van der Waals surface area contributed by atoms with Gasteiger partial charge in [-0.15, -0.1) is 11.3 Å². The number of aromatic nitrogens is 3. The molecular formula is C21H22N4OS. The smallest absolute Gasteiger partial charge is 0.241 e. The number of H-pyrrole nitrogens is 1. The summed E-state index contributed by atoms with van der Waals surface area (Å²) >= 11 is 1.63. The molecule has 0 saturated carbocycles. The van der Waals surface area contributed by atoms with Gasteiger partial charge in [0.15, 0.2) is 0 Å². The lowest BCUT2D eigenvalue weighted by Gasteiger charge is -2.37. The van der Waals surface area contributed by atoms with E-state index in [0.717, 1.165) is 17.8 Å². The van der Waals surface area contributed by atoms with Crippen molar-refractivity contribution >= 4 is 22.2 Å². The zero-order valence-corrected chi connectivity index (χ0v) is 16.3. The number of benzene rings is 1. The fourth-order valence-corrected chi connectivity index (χ4v) is 4.90. The van der Waals surface area contributed by atoms with Crippen LogP contribution >= 0.6 is 11.3 Å². The molecule has 5 nitrogen and oxygen atoms in total. The molecule has 1 unspecified atom stereocenters. The van der Waals surface area contributed by atoms with E-state index in [1.807, 2.05) is 17.5 Å². The minimum Gasteiger partial charge on any atom is -0.357 e. The molecule has 0 amide bonds. The van der Waals surface area contributed by atoms with Crippen molar-refractivity contribution in [3.8, 4) is 10.7 Å². The topological polar surface area (TPSA) is 58.0 Å². The van der Waals surface area contributed by atoms with E-state index < -0.39 is 0 Å². The summed E-state index contributed by atoms with van der Waals surface area (Å²) in [5.74, 6) is 1.85. The van der Waals surface area contributed by atoms with E-state index >= 15 is 0 Å². The van der Waals surface area contributed by atoms with Crippen molar-refractivity contribution in [1.29, 1.82) is 0 Å². The predicted octanol–water partition coefficient (Wildman–Crippen LogP) is 5.03. The summed E-state index contributed by atoms with van der Waals surface area (Å²) in [5, 5.41) is 7.55. The second kappa shape index (κ2) is 6.62. The number of fused-ring (bicyclic) bond motifs is 3.